The molecule has 6 heteroatoms. The van der Waals surface area contributed by atoms with Gasteiger partial charge in [-0.2, -0.15) is 0 Å². The third-order valence-electron chi connectivity index (χ3n) is 7.01. The number of hydrogen-bond donors (Lipinski definition) is 0. The molecule has 3 aromatic carbocycles. The quantitative estimate of drug-likeness (QED) is 0.232. The van der Waals surface area contributed by atoms with Crippen molar-refractivity contribution in [3.8, 4) is 11.1 Å². The van der Waals surface area contributed by atoms with Gasteiger partial charge in [0, 0.05) is 35.5 Å². The first-order valence-corrected chi connectivity index (χ1v) is 13.0. The van der Waals surface area contributed by atoms with Crippen LogP contribution < -0.4 is 0 Å². The van der Waals surface area contributed by atoms with Crippen LogP contribution in [0.4, 0.5) is 0 Å². The molecule has 1 atom stereocenters. The Balaban J connectivity index is 1.42. The summed E-state index contributed by atoms with van der Waals surface area (Å²) in [4.78, 5) is 11.9. The third-order valence-corrected chi connectivity index (χ3v) is 7.51. The van der Waals surface area contributed by atoms with Gasteiger partial charge in [-0.05, 0) is 90.2 Å². The van der Waals surface area contributed by atoms with E-state index in [1.165, 1.54) is 11.1 Å². The highest BCUT2D eigenvalue weighted by Gasteiger charge is 2.30. The van der Waals surface area contributed by atoms with Crippen LogP contribution in [-0.2, 0) is 13.1 Å². The highest BCUT2D eigenvalue weighted by molar-refractivity contribution is 6.30. The molecule has 5 aromatic rings. The van der Waals surface area contributed by atoms with Crippen molar-refractivity contribution in [2.24, 2.45) is 0 Å². The maximum absolute atomic E-state index is 6.18. The lowest BCUT2D eigenvalue weighted by Gasteiger charge is -2.25. The number of imidazole rings is 1. The Morgan fingerprint density at radius 2 is 1.42 bits per heavy atom. The second-order valence-corrected chi connectivity index (χ2v) is 10.2. The topological polar surface area (TPSA) is 34.0 Å². The van der Waals surface area contributed by atoms with Gasteiger partial charge in [0.15, 0.2) is 0 Å². The Morgan fingerprint density at radius 3 is 2.11 bits per heavy atom. The van der Waals surface area contributed by atoms with Gasteiger partial charge in [0.05, 0.1) is 17.1 Å². The molecule has 2 aromatic heterocycles. The fourth-order valence-corrected chi connectivity index (χ4v) is 5.44. The predicted octanol–water partition coefficient (Wildman–Crippen LogP) is 7.79. The average Bonchev–Trinajstić information content (AvgIpc) is 3.51. The Kier molecular flexibility index (Phi) is 6.49. The summed E-state index contributed by atoms with van der Waals surface area (Å²) in [6.45, 7) is 2.68. The molecule has 0 radical (unpaired) electrons. The Hall–Kier alpha value is -3.18. The third kappa shape index (κ3) is 4.77. The van der Waals surface area contributed by atoms with E-state index in [1.54, 1.807) is 0 Å². The van der Waals surface area contributed by atoms with Crippen molar-refractivity contribution in [1.29, 1.82) is 0 Å². The van der Waals surface area contributed by atoms with Gasteiger partial charge in [-0.1, -0.05) is 53.5 Å². The normalized spacial score (nSPS) is 16.1. The summed E-state index contributed by atoms with van der Waals surface area (Å²) in [7, 11) is 0. The summed E-state index contributed by atoms with van der Waals surface area (Å²) >= 11 is 12.3. The van der Waals surface area contributed by atoms with E-state index >= 15 is 0 Å². The number of benzene rings is 3. The number of hydrogen-bond acceptors (Lipinski definition) is 3. The van der Waals surface area contributed by atoms with Crippen molar-refractivity contribution in [3.63, 3.8) is 0 Å². The minimum Gasteiger partial charge on any atom is -0.322 e. The molecule has 4 nitrogen and oxygen atoms in total. The van der Waals surface area contributed by atoms with Gasteiger partial charge in [0.25, 0.3) is 0 Å². The van der Waals surface area contributed by atoms with E-state index in [-0.39, 0.29) is 6.04 Å². The maximum atomic E-state index is 6.18. The van der Waals surface area contributed by atoms with E-state index in [2.05, 4.69) is 56.9 Å². The fraction of sp³-hybridized carbons (Fsp3) is 0.200. The number of fused-ring (bicyclic) bond motifs is 1. The van der Waals surface area contributed by atoms with Gasteiger partial charge < -0.3 is 4.57 Å². The summed E-state index contributed by atoms with van der Waals surface area (Å²) in [5.41, 5.74) is 6.96. The molecule has 0 bridgehead atoms. The van der Waals surface area contributed by atoms with Gasteiger partial charge in [0.2, 0.25) is 0 Å². The molecule has 1 aliphatic heterocycles. The van der Waals surface area contributed by atoms with Crippen molar-refractivity contribution in [1.82, 2.24) is 19.4 Å². The van der Waals surface area contributed by atoms with Gasteiger partial charge in [-0.25, -0.2) is 4.98 Å². The summed E-state index contributed by atoms with van der Waals surface area (Å²) in [5.74, 6) is 1.12. The molecule has 1 aliphatic rings. The van der Waals surface area contributed by atoms with Crippen LogP contribution in [0.3, 0.4) is 0 Å². The first-order chi connectivity index (χ1) is 17.6. The molecular formula is C30H26Cl2N4. The van der Waals surface area contributed by atoms with E-state index in [0.29, 0.717) is 0 Å². The van der Waals surface area contributed by atoms with Crippen LogP contribution in [0.15, 0.2) is 91.3 Å². The van der Waals surface area contributed by atoms with Crippen molar-refractivity contribution < 1.29 is 0 Å². The number of aromatic nitrogens is 3. The van der Waals surface area contributed by atoms with E-state index in [0.717, 1.165) is 70.5 Å². The molecule has 3 heterocycles. The minimum absolute atomic E-state index is 0.254. The Labute approximate surface area is 221 Å². The first-order valence-electron chi connectivity index (χ1n) is 12.3. The largest absolute Gasteiger partial charge is 0.322 e. The van der Waals surface area contributed by atoms with Crippen molar-refractivity contribution in [3.05, 3.63) is 118 Å². The zero-order chi connectivity index (χ0) is 24.5. The van der Waals surface area contributed by atoms with E-state index in [4.69, 9.17) is 28.2 Å². The molecular weight excluding hydrogens is 487 g/mol. The summed E-state index contributed by atoms with van der Waals surface area (Å²) in [5, 5.41) is 1.52. The van der Waals surface area contributed by atoms with E-state index < -0.39 is 0 Å². The molecule has 180 valence electrons. The van der Waals surface area contributed by atoms with Crippen LogP contribution in [0.5, 0.6) is 0 Å². The Morgan fingerprint density at radius 1 is 0.750 bits per heavy atom. The zero-order valence-electron chi connectivity index (χ0n) is 19.8. The minimum atomic E-state index is 0.254. The zero-order valence-corrected chi connectivity index (χ0v) is 21.3. The molecule has 1 fully saturated rings. The Bertz CT molecular complexity index is 1480. The number of halogens is 2. The first kappa shape index (κ1) is 23.2. The van der Waals surface area contributed by atoms with Gasteiger partial charge in [0.1, 0.15) is 5.82 Å². The molecule has 0 spiro atoms. The maximum Gasteiger partial charge on any atom is 0.127 e. The lowest BCUT2D eigenvalue weighted by Crippen LogP contribution is -2.25. The molecule has 0 amide bonds. The van der Waals surface area contributed by atoms with Crippen molar-refractivity contribution in [2.45, 2.75) is 32.0 Å². The molecule has 0 aliphatic carbocycles. The van der Waals surface area contributed by atoms with Crippen LogP contribution in [-0.4, -0.2) is 26.0 Å². The number of likely N-dealkylation sites (tertiary alicyclic amines) is 1. The molecule has 0 saturated carbocycles. The van der Waals surface area contributed by atoms with Crippen molar-refractivity contribution in [2.75, 3.05) is 6.54 Å². The van der Waals surface area contributed by atoms with Gasteiger partial charge in [-0.3, -0.25) is 9.88 Å². The molecule has 6 rings (SSSR count). The van der Waals surface area contributed by atoms with Crippen LogP contribution in [0.25, 0.3) is 22.2 Å². The number of nitrogens with zero attached hydrogens (tertiary/aromatic N) is 4. The highest BCUT2D eigenvalue weighted by Crippen LogP contribution is 2.36. The van der Waals surface area contributed by atoms with E-state index in [9.17, 15) is 0 Å². The fourth-order valence-electron chi connectivity index (χ4n) is 5.19. The lowest BCUT2D eigenvalue weighted by molar-refractivity contribution is 0.236. The van der Waals surface area contributed by atoms with Crippen LogP contribution in [0.2, 0.25) is 10.0 Å². The highest BCUT2D eigenvalue weighted by atomic mass is 35.5. The average molecular weight is 513 g/mol. The summed E-state index contributed by atoms with van der Waals surface area (Å²) in [6, 6.07) is 27.2. The van der Waals surface area contributed by atoms with E-state index in [1.807, 2.05) is 48.8 Å². The SMILES string of the molecule is Clc1ccc(CN2CCC[C@H]2c2nc3ccc(-c4ccncc4)cc3n2Cc2ccc(Cl)cc2)cc1. The molecule has 36 heavy (non-hydrogen) atoms. The van der Waals surface area contributed by atoms with Crippen LogP contribution in [0.1, 0.15) is 35.8 Å². The van der Waals surface area contributed by atoms with Crippen molar-refractivity contribution >= 4 is 34.2 Å². The second kappa shape index (κ2) is 10.1. The monoisotopic (exact) mass is 512 g/mol. The smallest absolute Gasteiger partial charge is 0.127 e. The van der Waals surface area contributed by atoms with Gasteiger partial charge >= 0.3 is 0 Å². The molecule has 0 unspecified atom stereocenters. The lowest BCUT2D eigenvalue weighted by atomic mass is 10.1. The van der Waals surface area contributed by atoms with Crippen LogP contribution in [0, 0.1) is 0 Å². The summed E-state index contributed by atoms with van der Waals surface area (Å²) in [6.07, 6.45) is 5.92. The summed E-state index contributed by atoms with van der Waals surface area (Å²) < 4.78 is 2.40. The molecule has 1 saturated heterocycles. The molecule has 0 N–H and O–H groups in total. The predicted molar refractivity (Wildman–Crippen MR) is 147 cm³/mol. The van der Waals surface area contributed by atoms with Crippen LogP contribution >= 0.6 is 23.2 Å². The second-order valence-electron chi connectivity index (χ2n) is 9.38. The number of pyridine rings is 1. The van der Waals surface area contributed by atoms with Gasteiger partial charge in [-0.15, -0.1) is 0 Å². The standard InChI is InChI=1S/C30H26Cl2N4/c31-25-8-3-21(4-9-25)19-35-17-1-2-28(35)30-34-27-12-7-24(23-13-15-33-16-14-23)18-29(27)36(30)20-22-5-10-26(32)11-6-22/h3-16,18,28H,1-2,17,19-20H2/t28-/m0/s1. The number of rotatable bonds is 6.